The van der Waals surface area contributed by atoms with E-state index in [0.717, 1.165) is 4.68 Å². The second-order valence-electron chi connectivity index (χ2n) is 7.25. The average molecular weight is 511 g/mol. The second kappa shape index (κ2) is 8.57. The summed E-state index contributed by atoms with van der Waals surface area (Å²) in [6.07, 6.45) is -2.04. The van der Waals surface area contributed by atoms with Gasteiger partial charge in [0.1, 0.15) is 17.4 Å². The minimum atomic E-state index is -4.74. The van der Waals surface area contributed by atoms with Crippen LogP contribution in [0.1, 0.15) is 35.7 Å². The first-order valence-corrected chi connectivity index (χ1v) is 10.5. The first-order valence-electron chi connectivity index (χ1n) is 9.33. The number of carbonyl (C=O) groups excluding carboxylic acids is 1. The van der Waals surface area contributed by atoms with Crippen LogP contribution in [0, 0.1) is 5.82 Å². The molecule has 2 heterocycles. The van der Waals surface area contributed by atoms with Crippen molar-refractivity contribution in [2.24, 2.45) is 0 Å². The lowest BCUT2D eigenvalue weighted by molar-refractivity contribution is -0.141. The number of anilines is 1. The Balaban J connectivity index is 1.51. The predicted octanol–water partition coefficient (Wildman–Crippen LogP) is 5.76. The summed E-state index contributed by atoms with van der Waals surface area (Å²) in [7, 11) is 0. The third-order valence-electron chi connectivity index (χ3n) is 4.81. The zero-order chi connectivity index (χ0) is 23.2. The van der Waals surface area contributed by atoms with Crippen molar-refractivity contribution in [1.82, 2.24) is 19.6 Å². The maximum absolute atomic E-state index is 14.0. The van der Waals surface area contributed by atoms with Crippen LogP contribution in [-0.2, 0) is 24.1 Å². The minimum Gasteiger partial charge on any atom is -0.306 e. The Hall–Kier alpha value is -2.30. The van der Waals surface area contributed by atoms with Crippen molar-refractivity contribution >= 4 is 46.5 Å². The topological polar surface area (TPSA) is 64.7 Å². The number of rotatable bonds is 6. The van der Waals surface area contributed by atoms with Gasteiger partial charge in [-0.3, -0.25) is 14.2 Å². The van der Waals surface area contributed by atoms with E-state index in [-0.39, 0.29) is 39.6 Å². The van der Waals surface area contributed by atoms with Crippen LogP contribution in [0.2, 0.25) is 15.1 Å². The van der Waals surface area contributed by atoms with Gasteiger partial charge in [-0.2, -0.15) is 23.4 Å². The fourth-order valence-corrected chi connectivity index (χ4v) is 4.03. The Morgan fingerprint density at radius 3 is 2.50 bits per heavy atom. The van der Waals surface area contributed by atoms with E-state index in [9.17, 15) is 22.4 Å². The highest BCUT2D eigenvalue weighted by Crippen LogP contribution is 2.46. The molecule has 0 atom stereocenters. The lowest BCUT2D eigenvalue weighted by Gasteiger charge is -2.07. The Kier molecular flexibility index (Phi) is 6.12. The molecule has 0 unspecified atom stereocenters. The number of aromatic nitrogens is 4. The molecule has 1 N–H and O–H groups in total. The van der Waals surface area contributed by atoms with Crippen LogP contribution in [0.25, 0.3) is 0 Å². The van der Waals surface area contributed by atoms with Crippen LogP contribution >= 0.6 is 34.8 Å². The fourth-order valence-electron chi connectivity index (χ4n) is 3.22. The number of alkyl halides is 3. The number of hydrogen-bond acceptors (Lipinski definition) is 3. The monoisotopic (exact) mass is 509 g/mol. The fraction of sp³-hybridized carbons (Fsp3) is 0.316. The molecule has 0 radical (unpaired) electrons. The average Bonchev–Trinajstić information content (AvgIpc) is 3.38. The molecule has 1 aliphatic carbocycles. The molecule has 1 fully saturated rings. The summed E-state index contributed by atoms with van der Waals surface area (Å²) in [6.45, 7) is -0.555. The number of nitrogens with one attached hydrogen (secondary N) is 1. The van der Waals surface area contributed by atoms with Crippen molar-refractivity contribution < 1.29 is 22.4 Å². The summed E-state index contributed by atoms with van der Waals surface area (Å²) < 4.78 is 55.8. The standard InChI is InChI=1S/C19H14Cl3F4N5O/c20-11-2-1-3-13(23)10(11)6-30-7-12(21)18(29-30)27-14(32)8-31-16(9-4-5-9)15(22)17(28-31)19(24,25)26/h1-3,7,9H,4-6,8H2,(H,27,29,32). The number of amides is 1. The molecule has 1 aliphatic rings. The summed E-state index contributed by atoms with van der Waals surface area (Å²) in [6, 6.07) is 4.23. The van der Waals surface area contributed by atoms with Crippen molar-refractivity contribution in [3.05, 3.63) is 62.2 Å². The lowest BCUT2D eigenvalue weighted by Crippen LogP contribution is -2.22. The van der Waals surface area contributed by atoms with Crippen LogP contribution in [-0.4, -0.2) is 25.5 Å². The van der Waals surface area contributed by atoms with Gasteiger partial charge < -0.3 is 5.32 Å². The molecule has 0 saturated heterocycles. The van der Waals surface area contributed by atoms with Crippen molar-refractivity contribution in [3.8, 4) is 0 Å². The Morgan fingerprint density at radius 1 is 1.16 bits per heavy atom. The Labute approximate surface area is 194 Å². The van der Waals surface area contributed by atoms with Gasteiger partial charge in [0, 0.05) is 22.7 Å². The molecule has 0 bridgehead atoms. The molecule has 170 valence electrons. The molecule has 0 aliphatic heterocycles. The zero-order valence-corrected chi connectivity index (χ0v) is 18.3. The van der Waals surface area contributed by atoms with E-state index in [4.69, 9.17) is 34.8 Å². The molecular weight excluding hydrogens is 497 g/mol. The predicted molar refractivity (Wildman–Crippen MR) is 111 cm³/mol. The van der Waals surface area contributed by atoms with E-state index >= 15 is 0 Å². The van der Waals surface area contributed by atoms with Crippen molar-refractivity contribution in [1.29, 1.82) is 0 Å². The normalized spacial score (nSPS) is 14.1. The van der Waals surface area contributed by atoms with E-state index in [1.807, 2.05) is 0 Å². The summed E-state index contributed by atoms with van der Waals surface area (Å²) >= 11 is 18.0. The summed E-state index contributed by atoms with van der Waals surface area (Å²) in [5.74, 6) is -1.44. The second-order valence-corrected chi connectivity index (χ2v) is 8.44. The van der Waals surface area contributed by atoms with Crippen LogP contribution in [0.3, 0.4) is 0 Å². The molecule has 1 aromatic carbocycles. The molecule has 4 rings (SSSR count). The summed E-state index contributed by atoms with van der Waals surface area (Å²) in [5, 5.41) is 9.81. The van der Waals surface area contributed by atoms with Crippen molar-refractivity contribution in [2.45, 2.75) is 38.0 Å². The number of hydrogen-bond donors (Lipinski definition) is 1. The van der Waals surface area contributed by atoms with Crippen LogP contribution in [0.15, 0.2) is 24.4 Å². The van der Waals surface area contributed by atoms with E-state index < -0.39 is 35.2 Å². The summed E-state index contributed by atoms with van der Waals surface area (Å²) in [5.41, 5.74) is -0.857. The molecule has 1 saturated carbocycles. The third-order valence-corrected chi connectivity index (χ3v) is 5.82. The number of benzene rings is 1. The molecule has 13 heteroatoms. The van der Waals surface area contributed by atoms with Gasteiger partial charge in [0.15, 0.2) is 11.5 Å². The summed E-state index contributed by atoms with van der Waals surface area (Å²) in [4.78, 5) is 12.5. The number of carbonyl (C=O) groups is 1. The minimum absolute atomic E-state index is 0.0357. The Morgan fingerprint density at radius 2 is 1.88 bits per heavy atom. The molecule has 2 aromatic heterocycles. The van der Waals surface area contributed by atoms with Gasteiger partial charge in [-0.25, -0.2) is 4.39 Å². The van der Waals surface area contributed by atoms with Gasteiger partial charge in [0.25, 0.3) is 0 Å². The van der Waals surface area contributed by atoms with Gasteiger partial charge >= 0.3 is 6.18 Å². The van der Waals surface area contributed by atoms with E-state index in [2.05, 4.69) is 15.5 Å². The largest absolute Gasteiger partial charge is 0.436 e. The van der Waals surface area contributed by atoms with Gasteiger partial charge in [0.2, 0.25) is 5.91 Å². The molecule has 32 heavy (non-hydrogen) atoms. The third kappa shape index (κ3) is 4.72. The highest BCUT2D eigenvalue weighted by Gasteiger charge is 2.42. The van der Waals surface area contributed by atoms with E-state index in [1.165, 1.54) is 29.1 Å². The smallest absolute Gasteiger partial charge is 0.306 e. The Bertz CT molecular complexity index is 1170. The highest BCUT2D eigenvalue weighted by atomic mass is 35.5. The molecule has 3 aromatic rings. The number of nitrogens with zero attached hydrogens (tertiary/aromatic N) is 4. The number of halogens is 7. The maximum Gasteiger partial charge on any atom is 0.436 e. The highest BCUT2D eigenvalue weighted by molar-refractivity contribution is 6.33. The maximum atomic E-state index is 14.0. The van der Waals surface area contributed by atoms with Gasteiger partial charge in [0.05, 0.1) is 17.3 Å². The van der Waals surface area contributed by atoms with E-state index in [1.54, 1.807) is 0 Å². The zero-order valence-electron chi connectivity index (χ0n) is 16.1. The molecular formula is C19H14Cl3F4N5O. The lowest BCUT2D eigenvalue weighted by atomic mass is 10.2. The van der Waals surface area contributed by atoms with Crippen LogP contribution in [0.5, 0.6) is 0 Å². The van der Waals surface area contributed by atoms with E-state index in [0.29, 0.717) is 12.8 Å². The quantitative estimate of drug-likeness (QED) is 0.429. The van der Waals surface area contributed by atoms with Crippen molar-refractivity contribution in [3.63, 3.8) is 0 Å². The van der Waals surface area contributed by atoms with Crippen LogP contribution in [0.4, 0.5) is 23.4 Å². The van der Waals surface area contributed by atoms with Crippen LogP contribution < -0.4 is 5.32 Å². The molecule has 1 amide bonds. The molecule has 0 spiro atoms. The van der Waals surface area contributed by atoms with Crippen molar-refractivity contribution in [2.75, 3.05) is 5.32 Å². The van der Waals surface area contributed by atoms with Gasteiger partial charge in [-0.05, 0) is 25.0 Å². The first kappa shape index (κ1) is 22.9. The van der Waals surface area contributed by atoms with Gasteiger partial charge in [-0.1, -0.05) is 40.9 Å². The van der Waals surface area contributed by atoms with Gasteiger partial charge in [-0.15, -0.1) is 0 Å². The molecule has 6 nitrogen and oxygen atoms in total. The SMILES string of the molecule is O=C(Cn1nc(C(F)(F)F)c(Cl)c1C1CC1)Nc1nn(Cc2c(F)cccc2Cl)cc1Cl. The first-order chi connectivity index (χ1) is 15.0.